The van der Waals surface area contributed by atoms with Gasteiger partial charge in [0.1, 0.15) is 5.84 Å². The number of hydrogen-bond acceptors (Lipinski definition) is 1. The van der Waals surface area contributed by atoms with E-state index in [1.165, 1.54) is 55.3 Å². The van der Waals surface area contributed by atoms with E-state index in [-0.39, 0.29) is 11.5 Å². The Kier molecular flexibility index (Phi) is 10.1. The largest absolute Gasteiger partial charge is 0.343 e. The quantitative estimate of drug-likeness (QED) is 0.142. The van der Waals surface area contributed by atoms with Crippen molar-refractivity contribution >= 4 is 39.8 Å². The summed E-state index contributed by atoms with van der Waals surface area (Å²) in [5.41, 5.74) is 14.7. The molecule has 0 spiro atoms. The van der Waals surface area contributed by atoms with Crippen LogP contribution in [0.2, 0.25) is 0 Å². The maximum absolute atomic E-state index is 5.23. The number of benzene rings is 6. The van der Waals surface area contributed by atoms with Crippen molar-refractivity contribution in [3.05, 3.63) is 184 Å². The molecule has 0 bridgehead atoms. The first kappa shape index (κ1) is 35.6. The van der Waals surface area contributed by atoms with Gasteiger partial charge in [-0.15, -0.1) is 0 Å². The molecule has 0 aromatic heterocycles. The number of nitrogens with one attached hydrogen (secondary N) is 1. The normalized spacial score (nSPS) is 15.2. The Bertz CT molecular complexity index is 2410. The number of hydrogen-bond donors (Lipinski definition) is 1. The first-order valence-electron chi connectivity index (χ1n) is 19.0. The molecule has 8 rings (SSSR count). The zero-order valence-corrected chi connectivity index (χ0v) is 32.0. The second kappa shape index (κ2) is 15.0. The van der Waals surface area contributed by atoms with E-state index in [9.17, 15) is 0 Å². The molecule has 0 saturated carbocycles. The van der Waals surface area contributed by atoms with Gasteiger partial charge in [0.25, 0.3) is 0 Å². The van der Waals surface area contributed by atoms with E-state index in [1.54, 1.807) is 0 Å². The zero-order chi connectivity index (χ0) is 37.1. The lowest BCUT2D eigenvalue weighted by Crippen LogP contribution is -2.25. The van der Waals surface area contributed by atoms with Crippen LogP contribution in [-0.2, 0) is 5.41 Å². The van der Waals surface area contributed by atoms with Gasteiger partial charge in [-0.25, -0.2) is 4.99 Å². The fourth-order valence-electron chi connectivity index (χ4n) is 8.09. The highest BCUT2D eigenvalue weighted by Crippen LogP contribution is 2.52. The summed E-state index contributed by atoms with van der Waals surface area (Å²) >= 11 is 0. The molecular formula is C50H49N3. The van der Waals surface area contributed by atoms with Gasteiger partial charge in [0, 0.05) is 16.5 Å². The molecule has 0 fully saturated rings. The SMILES string of the molecule is CC.CC(=NC(=NC(C)c1ccccc1)c1ccccc1)NC1=C(c2c(C)cc3cccc4c3c2-c2ccccc2C4(C)C)CC=Cc2ccccc21. The first-order chi connectivity index (χ1) is 25.8. The van der Waals surface area contributed by atoms with E-state index < -0.39 is 0 Å². The molecule has 3 nitrogen and oxygen atoms in total. The van der Waals surface area contributed by atoms with Gasteiger partial charge in [0.15, 0.2) is 5.84 Å². The van der Waals surface area contributed by atoms with Crippen LogP contribution in [0.25, 0.3) is 39.2 Å². The van der Waals surface area contributed by atoms with Crippen LogP contribution in [0, 0.1) is 6.92 Å². The Labute approximate surface area is 315 Å². The summed E-state index contributed by atoms with van der Waals surface area (Å²) in [4.78, 5) is 10.4. The van der Waals surface area contributed by atoms with Crippen LogP contribution in [0.3, 0.4) is 0 Å². The Morgan fingerprint density at radius 3 is 2.11 bits per heavy atom. The number of aliphatic imine (C=N–C) groups is 2. The van der Waals surface area contributed by atoms with Crippen molar-refractivity contribution in [1.29, 1.82) is 0 Å². The number of allylic oxidation sites excluding steroid dienone is 2. The molecule has 6 aromatic rings. The summed E-state index contributed by atoms with van der Waals surface area (Å²) in [6.07, 6.45) is 5.36. The fraction of sp³-hybridized carbons (Fsp3) is 0.200. The third-order valence-electron chi connectivity index (χ3n) is 10.6. The molecule has 3 heteroatoms. The number of nitrogens with zero attached hydrogens (tertiary/aromatic N) is 2. The third-order valence-corrected chi connectivity index (χ3v) is 10.6. The van der Waals surface area contributed by atoms with Gasteiger partial charge < -0.3 is 5.32 Å². The van der Waals surface area contributed by atoms with Gasteiger partial charge in [-0.1, -0.05) is 173 Å². The van der Waals surface area contributed by atoms with Gasteiger partial charge in [-0.05, 0) is 88.0 Å². The van der Waals surface area contributed by atoms with Crippen LogP contribution in [-0.4, -0.2) is 11.7 Å². The maximum Gasteiger partial charge on any atom is 0.157 e. The highest BCUT2D eigenvalue weighted by atomic mass is 15.0. The van der Waals surface area contributed by atoms with Crippen LogP contribution in [0.5, 0.6) is 0 Å². The van der Waals surface area contributed by atoms with Gasteiger partial charge >= 0.3 is 0 Å². The first-order valence-corrected chi connectivity index (χ1v) is 19.0. The van der Waals surface area contributed by atoms with E-state index in [2.05, 4.69) is 161 Å². The molecule has 0 amide bonds. The lowest BCUT2D eigenvalue weighted by Gasteiger charge is -2.37. The van der Waals surface area contributed by atoms with Crippen LogP contribution in [0.15, 0.2) is 150 Å². The Hall–Kier alpha value is -5.80. The van der Waals surface area contributed by atoms with Crippen molar-refractivity contribution < 1.29 is 0 Å². The zero-order valence-electron chi connectivity index (χ0n) is 32.0. The van der Waals surface area contributed by atoms with Gasteiger partial charge in [0.05, 0.1) is 11.7 Å². The van der Waals surface area contributed by atoms with E-state index in [0.29, 0.717) is 5.84 Å². The lowest BCUT2D eigenvalue weighted by atomic mass is 9.66. The van der Waals surface area contributed by atoms with E-state index in [0.717, 1.165) is 34.6 Å². The Morgan fingerprint density at radius 1 is 0.717 bits per heavy atom. The molecule has 0 heterocycles. The average Bonchev–Trinajstić information content (AvgIpc) is 3.37. The standard InChI is InChI=1S/C48H43N3.C2H6/c1-31-30-37-24-17-29-42-44(37)45(39-26-14-15-28-41(39)48(42,4)5)43(31)40-27-16-23-35-20-12-13-25-38(35)46(40)50-33(3)51-47(36-21-10-7-11-22-36)49-32(2)34-18-8-6-9-19-34;1-2/h6-26,28-30,32H,27H2,1-5H3,(H,49,50,51);1-2H3. The van der Waals surface area contributed by atoms with Crippen molar-refractivity contribution in [1.82, 2.24) is 5.32 Å². The monoisotopic (exact) mass is 691 g/mol. The predicted octanol–water partition coefficient (Wildman–Crippen LogP) is 13.0. The number of amidine groups is 2. The smallest absolute Gasteiger partial charge is 0.157 e. The molecule has 1 atom stereocenters. The van der Waals surface area contributed by atoms with Crippen molar-refractivity contribution in [3.8, 4) is 11.1 Å². The van der Waals surface area contributed by atoms with Crippen molar-refractivity contribution in [2.75, 3.05) is 0 Å². The van der Waals surface area contributed by atoms with Crippen LogP contribution in [0.4, 0.5) is 0 Å². The van der Waals surface area contributed by atoms with Crippen LogP contribution >= 0.6 is 0 Å². The Morgan fingerprint density at radius 2 is 1.36 bits per heavy atom. The maximum atomic E-state index is 5.23. The van der Waals surface area contributed by atoms with E-state index in [1.807, 2.05) is 38.1 Å². The number of rotatable bonds is 5. The van der Waals surface area contributed by atoms with Crippen LogP contribution in [0.1, 0.15) is 98.5 Å². The molecule has 0 aliphatic heterocycles. The predicted molar refractivity (Wildman–Crippen MR) is 229 cm³/mol. The minimum atomic E-state index is -0.117. The Balaban J connectivity index is 0.00000214. The van der Waals surface area contributed by atoms with Crippen LogP contribution < -0.4 is 5.32 Å². The van der Waals surface area contributed by atoms with Crippen molar-refractivity contribution in [2.45, 2.75) is 66.3 Å². The molecule has 53 heavy (non-hydrogen) atoms. The molecule has 6 aromatic carbocycles. The molecular weight excluding hydrogens is 643 g/mol. The third kappa shape index (κ3) is 6.68. The molecule has 0 saturated heterocycles. The molecule has 264 valence electrons. The minimum absolute atomic E-state index is 0.0533. The second-order valence-corrected chi connectivity index (χ2v) is 14.3. The van der Waals surface area contributed by atoms with Gasteiger partial charge in [-0.2, -0.15) is 0 Å². The summed E-state index contributed by atoms with van der Waals surface area (Å²) in [6.45, 7) is 15.2. The number of fused-ring (bicyclic) bond motifs is 3. The average molecular weight is 692 g/mol. The fourth-order valence-corrected chi connectivity index (χ4v) is 8.09. The molecule has 2 aliphatic carbocycles. The van der Waals surface area contributed by atoms with Gasteiger partial charge in [0.2, 0.25) is 0 Å². The van der Waals surface area contributed by atoms with Crippen molar-refractivity contribution in [3.63, 3.8) is 0 Å². The van der Waals surface area contributed by atoms with Crippen molar-refractivity contribution in [2.24, 2.45) is 9.98 Å². The lowest BCUT2D eigenvalue weighted by molar-refractivity contribution is 0.645. The summed E-state index contributed by atoms with van der Waals surface area (Å²) in [7, 11) is 0. The molecule has 1 unspecified atom stereocenters. The highest BCUT2D eigenvalue weighted by Gasteiger charge is 2.35. The molecule has 0 radical (unpaired) electrons. The summed E-state index contributed by atoms with van der Waals surface area (Å²) < 4.78 is 0. The van der Waals surface area contributed by atoms with E-state index >= 15 is 0 Å². The molecule has 2 aliphatic rings. The summed E-state index contributed by atoms with van der Waals surface area (Å²) in [6, 6.07) is 47.6. The number of aryl methyl sites for hydroxylation is 1. The topological polar surface area (TPSA) is 36.8 Å². The highest BCUT2D eigenvalue weighted by molar-refractivity contribution is 6.13. The van der Waals surface area contributed by atoms with Gasteiger partial charge in [-0.3, -0.25) is 4.99 Å². The summed E-state index contributed by atoms with van der Waals surface area (Å²) in [5.74, 6) is 1.49. The summed E-state index contributed by atoms with van der Waals surface area (Å²) in [5, 5.41) is 6.53. The second-order valence-electron chi connectivity index (χ2n) is 14.3. The van der Waals surface area contributed by atoms with E-state index in [4.69, 9.17) is 9.98 Å². The molecule has 1 N–H and O–H groups in total. The minimum Gasteiger partial charge on any atom is -0.343 e.